The van der Waals surface area contributed by atoms with Crippen molar-refractivity contribution >= 4 is 15.8 Å². The number of hydrogen-bond acceptors (Lipinski definition) is 6. The summed E-state index contributed by atoms with van der Waals surface area (Å²) in [6.45, 7) is 3.75. The van der Waals surface area contributed by atoms with Gasteiger partial charge in [-0.2, -0.15) is 0 Å². The van der Waals surface area contributed by atoms with Gasteiger partial charge in [-0.15, -0.1) is 0 Å². The Balaban J connectivity index is 1.26. The van der Waals surface area contributed by atoms with E-state index in [1.807, 2.05) is 18.2 Å². The van der Waals surface area contributed by atoms with Crippen LogP contribution in [0, 0.1) is 0 Å². The first kappa shape index (κ1) is 21.2. The molecule has 2 fully saturated rings. The lowest BCUT2D eigenvalue weighted by molar-refractivity contribution is 0.122. The zero-order chi connectivity index (χ0) is 20.8. The molecule has 0 unspecified atom stereocenters. The van der Waals surface area contributed by atoms with Gasteiger partial charge in [0.2, 0.25) is 10.0 Å². The molecule has 1 aromatic heterocycles. The molecule has 1 aliphatic heterocycles. The van der Waals surface area contributed by atoms with E-state index >= 15 is 0 Å². The molecule has 0 spiro atoms. The smallest absolute Gasteiger partial charge is 0.242 e. The van der Waals surface area contributed by atoms with Crippen LogP contribution in [0.25, 0.3) is 0 Å². The number of nitrogens with one attached hydrogen (secondary N) is 2. The lowest BCUT2D eigenvalue weighted by atomic mass is 9.92. The molecule has 0 atom stereocenters. The van der Waals surface area contributed by atoms with Crippen molar-refractivity contribution in [1.82, 2.24) is 15.0 Å². The first-order valence-electron chi connectivity index (χ1n) is 10.7. The second kappa shape index (κ2) is 9.87. The van der Waals surface area contributed by atoms with E-state index in [9.17, 15) is 8.42 Å². The summed E-state index contributed by atoms with van der Waals surface area (Å²) in [6, 6.07) is 14.2. The van der Waals surface area contributed by atoms with Crippen molar-refractivity contribution < 1.29 is 13.2 Å². The van der Waals surface area contributed by atoms with Gasteiger partial charge in [-0.25, -0.2) is 18.1 Å². The average Bonchev–Trinajstić information content (AvgIpc) is 2.80. The molecule has 2 aliphatic rings. The van der Waals surface area contributed by atoms with Crippen LogP contribution in [0.15, 0.2) is 53.6 Å². The van der Waals surface area contributed by atoms with Crippen molar-refractivity contribution in [2.45, 2.75) is 49.2 Å². The summed E-state index contributed by atoms with van der Waals surface area (Å²) in [5, 5.41) is 3.59. The summed E-state index contributed by atoms with van der Waals surface area (Å²) in [5.41, 5.74) is 1.27. The largest absolute Gasteiger partial charge is 0.378 e. The molecule has 7 nitrogen and oxygen atoms in total. The van der Waals surface area contributed by atoms with E-state index in [0.29, 0.717) is 19.3 Å². The molecule has 0 amide bonds. The highest BCUT2D eigenvalue weighted by Crippen LogP contribution is 2.22. The third-order valence-electron chi connectivity index (χ3n) is 5.85. The molecule has 1 aromatic carbocycles. The number of hydrogen-bond donors (Lipinski definition) is 2. The van der Waals surface area contributed by atoms with Gasteiger partial charge >= 0.3 is 0 Å². The minimum absolute atomic E-state index is 0.0244. The van der Waals surface area contributed by atoms with Gasteiger partial charge in [-0.05, 0) is 43.4 Å². The van der Waals surface area contributed by atoms with Crippen LogP contribution in [0.2, 0.25) is 0 Å². The molecule has 30 heavy (non-hydrogen) atoms. The van der Waals surface area contributed by atoms with E-state index in [-0.39, 0.29) is 10.9 Å². The molecule has 0 bridgehead atoms. The standard InChI is InChI=1S/C22H30N4O3S/c27-30(28,21-10-11-22(24-17-21)26-12-14-29-15-13-26)25-20-8-6-19(7-9-20)23-16-18-4-2-1-3-5-18/h1-5,10-11,17,19-20,23,25H,6-9,12-16H2. The maximum Gasteiger partial charge on any atom is 0.242 e. The molecule has 4 rings (SSSR count). The Kier molecular flexibility index (Phi) is 6.99. The average molecular weight is 431 g/mol. The van der Waals surface area contributed by atoms with Gasteiger partial charge in [-0.1, -0.05) is 30.3 Å². The monoisotopic (exact) mass is 430 g/mol. The predicted octanol–water partition coefficient (Wildman–Crippen LogP) is 2.30. The van der Waals surface area contributed by atoms with Gasteiger partial charge in [-0.3, -0.25) is 0 Å². The van der Waals surface area contributed by atoms with Crippen LogP contribution >= 0.6 is 0 Å². The third-order valence-corrected chi connectivity index (χ3v) is 7.36. The molecule has 2 heterocycles. The minimum Gasteiger partial charge on any atom is -0.378 e. The van der Waals surface area contributed by atoms with Crippen molar-refractivity contribution in [3.05, 3.63) is 54.2 Å². The van der Waals surface area contributed by atoms with Gasteiger partial charge in [0, 0.05) is 37.9 Å². The highest BCUT2D eigenvalue weighted by molar-refractivity contribution is 7.89. The van der Waals surface area contributed by atoms with Crippen molar-refractivity contribution in [3.63, 3.8) is 0 Å². The highest BCUT2D eigenvalue weighted by Gasteiger charge is 2.26. The lowest BCUT2D eigenvalue weighted by Crippen LogP contribution is -2.42. The molecule has 162 valence electrons. The number of sulfonamides is 1. The quantitative estimate of drug-likeness (QED) is 0.701. The maximum atomic E-state index is 12.8. The molecule has 1 saturated heterocycles. The van der Waals surface area contributed by atoms with Gasteiger partial charge in [0.1, 0.15) is 10.7 Å². The Bertz CT molecular complexity index is 892. The number of benzene rings is 1. The van der Waals surface area contributed by atoms with Crippen LogP contribution in [0.4, 0.5) is 5.82 Å². The van der Waals surface area contributed by atoms with E-state index in [4.69, 9.17) is 4.74 Å². The van der Waals surface area contributed by atoms with Crippen molar-refractivity contribution in [2.75, 3.05) is 31.2 Å². The van der Waals surface area contributed by atoms with Gasteiger partial charge < -0.3 is 15.0 Å². The summed E-state index contributed by atoms with van der Waals surface area (Å²) in [5.74, 6) is 0.794. The molecule has 1 aliphatic carbocycles. The van der Waals surface area contributed by atoms with Crippen LogP contribution in [0.5, 0.6) is 0 Å². The zero-order valence-electron chi connectivity index (χ0n) is 17.2. The zero-order valence-corrected chi connectivity index (χ0v) is 18.0. The number of pyridine rings is 1. The van der Waals surface area contributed by atoms with E-state index in [0.717, 1.165) is 51.1 Å². The molecule has 2 aromatic rings. The van der Waals surface area contributed by atoms with Crippen LogP contribution in [0.1, 0.15) is 31.2 Å². The van der Waals surface area contributed by atoms with Crippen molar-refractivity contribution in [1.29, 1.82) is 0 Å². The van der Waals surface area contributed by atoms with Crippen LogP contribution < -0.4 is 14.9 Å². The fraction of sp³-hybridized carbons (Fsp3) is 0.500. The molecular weight excluding hydrogens is 400 g/mol. The molecule has 2 N–H and O–H groups in total. The summed E-state index contributed by atoms with van der Waals surface area (Å²) < 4.78 is 33.8. The summed E-state index contributed by atoms with van der Waals surface area (Å²) >= 11 is 0. The molecule has 1 saturated carbocycles. The van der Waals surface area contributed by atoms with Gasteiger partial charge in [0.15, 0.2) is 0 Å². The predicted molar refractivity (Wildman–Crippen MR) is 117 cm³/mol. The summed E-state index contributed by atoms with van der Waals surface area (Å²) in [6.07, 6.45) is 5.07. The fourth-order valence-corrected chi connectivity index (χ4v) is 5.32. The SMILES string of the molecule is O=S(=O)(NC1CCC(NCc2ccccc2)CC1)c1ccc(N2CCOCC2)nc1. The first-order valence-corrected chi connectivity index (χ1v) is 12.2. The van der Waals surface area contributed by atoms with Crippen LogP contribution in [-0.2, 0) is 21.3 Å². The van der Waals surface area contributed by atoms with E-state index in [2.05, 4.69) is 32.1 Å². The Hall–Kier alpha value is -2.00. The number of aromatic nitrogens is 1. The maximum absolute atomic E-state index is 12.8. The number of morpholine rings is 1. The minimum atomic E-state index is -3.56. The number of nitrogens with zero attached hydrogens (tertiary/aromatic N) is 2. The Morgan fingerprint density at radius 2 is 1.67 bits per heavy atom. The van der Waals surface area contributed by atoms with Crippen LogP contribution in [-0.4, -0.2) is 51.8 Å². The first-order chi connectivity index (χ1) is 14.6. The van der Waals surface area contributed by atoms with E-state index in [1.165, 1.54) is 11.8 Å². The fourth-order valence-electron chi connectivity index (χ4n) is 4.07. The van der Waals surface area contributed by atoms with E-state index in [1.54, 1.807) is 12.1 Å². The van der Waals surface area contributed by atoms with E-state index < -0.39 is 10.0 Å². The van der Waals surface area contributed by atoms with Gasteiger partial charge in [0.25, 0.3) is 0 Å². The van der Waals surface area contributed by atoms with Crippen molar-refractivity contribution in [3.8, 4) is 0 Å². The molecular formula is C22H30N4O3S. The van der Waals surface area contributed by atoms with Crippen molar-refractivity contribution in [2.24, 2.45) is 0 Å². The Labute approximate surface area is 178 Å². The van der Waals surface area contributed by atoms with Crippen LogP contribution in [0.3, 0.4) is 0 Å². The summed E-state index contributed by atoms with van der Waals surface area (Å²) in [4.78, 5) is 6.70. The normalized spacial score (nSPS) is 22.7. The second-order valence-electron chi connectivity index (χ2n) is 7.99. The molecule has 8 heteroatoms. The third kappa shape index (κ3) is 5.57. The van der Waals surface area contributed by atoms with Gasteiger partial charge in [0.05, 0.1) is 13.2 Å². The second-order valence-corrected chi connectivity index (χ2v) is 9.70. The number of rotatable bonds is 7. The number of ether oxygens (including phenoxy) is 1. The highest BCUT2D eigenvalue weighted by atomic mass is 32.2. The summed E-state index contributed by atoms with van der Waals surface area (Å²) in [7, 11) is -3.56. The molecule has 0 radical (unpaired) electrons. The topological polar surface area (TPSA) is 83.6 Å². The lowest BCUT2D eigenvalue weighted by Gasteiger charge is -2.30. The number of anilines is 1. The Morgan fingerprint density at radius 1 is 0.967 bits per heavy atom. The Morgan fingerprint density at radius 3 is 2.33 bits per heavy atom.